The van der Waals surface area contributed by atoms with E-state index in [9.17, 15) is 31.9 Å². The van der Waals surface area contributed by atoms with Gasteiger partial charge >= 0.3 is 12.1 Å². The molecule has 1 atom stereocenters. The van der Waals surface area contributed by atoms with Crippen molar-refractivity contribution in [1.29, 1.82) is 0 Å². The van der Waals surface area contributed by atoms with Crippen LogP contribution in [0.15, 0.2) is 53.4 Å². The van der Waals surface area contributed by atoms with Gasteiger partial charge in [-0.3, -0.25) is 5.32 Å². The predicted molar refractivity (Wildman–Crippen MR) is 173 cm³/mol. The molecule has 46 heavy (non-hydrogen) atoms. The highest BCUT2D eigenvalue weighted by molar-refractivity contribution is 7.89. The van der Waals surface area contributed by atoms with Crippen LogP contribution in [0.5, 0.6) is 0 Å². The first kappa shape index (κ1) is 32.7. The molecule has 0 bridgehead atoms. The molecule has 2 fully saturated rings. The Labute approximate surface area is 275 Å². The average Bonchev–Trinajstić information content (AvgIpc) is 3.40. The molecule has 1 amide bonds. The first-order chi connectivity index (χ1) is 21.8. The van der Waals surface area contributed by atoms with E-state index >= 15 is 0 Å². The molecule has 1 aliphatic heterocycles. The fraction of sp³-hybridized carbons (Fsp3) is 0.438. The highest BCUT2D eigenvalue weighted by atomic mass is 35.5. The number of thiophene rings is 1. The van der Waals surface area contributed by atoms with Crippen LogP contribution in [0.2, 0.25) is 5.02 Å². The van der Waals surface area contributed by atoms with Gasteiger partial charge in [-0.25, -0.2) is 26.8 Å². The van der Waals surface area contributed by atoms with Gasteiger partial charge in [0.05, 0.1) is 23.0 Å². The number of amides is 1. The molecule has 9 nitrogen and oxygen atoms in total. The number of para-hydroxylation sites is 1. The maximum absolute atomic E-state index is 14.3. The number of nitrogens with one attached hydrogen (secondary N) is 1. The van der Waals surface area contributed by atoms with Gasteiger partial charge in [-0.15, -0.1) is 11.3 Å². The number of halogens is 3. The Balaban J connectivity index is 1.36. The van der Waals surface area contributed by atoms with Crippen molar-refractivity contribution in [2.24, 2.45) is 11.8 Å². The van der Waals surface area contributed by atoms with Crippen molar-refractivity contribution in [3.63, 3.8) is 0 Å². The van der Waals surface area contributed by atoms with Crippen molar-refractivity contribution >= 4 is 62.1 Å². The van der Waals surface area contributed by atoms with Crippen molar-refractivity contribution < 1.29 is 36.6 Å². The molecular formula is C32H34ClF2N3O6S2. The Hall–Kier alpha value is -3.26. The lowest BCUT2D eigenvalue weighted by molar-refractivity contribution is -0.121. The number of ether oxygens (including phenoxy) is 1. The highest BCUT2D eigenvalue weighted by Crippen LogP contribution is 2.47. The summed E-state index contributed by atoms with van der Waals surface area (Å²) in [6.07, 6.45) is 3.38. The summed E-state index contributed by atoms with van der Waals surface area (Å²) in [4.78, 5) is 26.7. The Kier molecular flexibility index (Phi) is 9.05. The summed E-state index contributed by atoms with van der Waals surface area (Å²) >= 11 is 7.66. The third-order valence-electron chi connectivity index (χ3n) is 9.15. The third kappa shape index (κ3) is 6.47. The van der Waals surface area contributed by atoms with Crippen LogP contribution in [-0.2, 0) is 14.8 Å². The number of benzene rings is 2. The van der Waals surface area contributed by atoms with Gasteiger partial charge in [0.15, 0.2) is 0 Å². The molecule has 0 radical (unpaired) electrons. The van der Waals surface area contributed by atoms with Crippen molar-refractivity contribution in [1.82, 2.24) is 4.31 Å². The lowest BCUT2D eigenvalue weighted by atomic mass is 9.82. The molecule has 2 heterocycles. The largest absolute Gasteiger partial charge is 0.477 e. The molecule has 2 N–H and O–H groups in total. The first-order valence-corrected chi connectivity index (χ1v) is 17.8. The van der Waals surface area contributed by atoms with Gasteiger partial charge < -0.3 is 14.7 Å². The number of rotatable bonds is 7. The third-order valence-corrected chi connectivity index (χ3v) is 12.5. The molecule has 0 spiro atoms. The van der Waals surface area contributed by atoms with Gasteiger partial charge in [0.2, 0.25) is 15.9 Å². The monoisotopic (exact) mass is 693 g/mol. The van der Waals surface area contributed by atoms with E-state index in [0.717, 1.165) is 49.1 Å². The minimum Gasteiger partial charge on any atom is -0.477 e. The van der Waals surface area contributed by atoms with Crippen LogP contribution in [0.3, 0.4) is 0 Å². The van der Waals surface area contributed by atoms with E-state index < -0.39 is 33.9 Å². The minimum atomic E-state index is -4.03. The Bertz CT molecular complexity index is 1740. The van der Waals surface area contributed by atoms with Crippen LogP contribution in [0.4, 0.5) is 30.6 Å². The van der Waals surface area contributed by atoms with Crippen LogP contribution in [0.1, 0.15) is 54.6 Å². The van der Waals surface area contributed by atoms with Crippen molar-refractivity contribution in [3.05, 3.63) is 58.4 Å². The summed E-state index contributed by atoms with van der Waals surface area (Å²) in [7, 11) is -2.41. The summed E-state index contributed by atoms with van der Waals surface area (Å²) in [5.74, 6) is -4.36. The van der Waals surface area contributed by atoms with Gasteiger partial charge in [0.25, 0.3) is 0 Å². The molecule has 0 unspecified atom stereocenters. The number of aromatic carboxylic acids is 1. The van der Waals surface area contributed by atoms with E-state index in [1.807, 2.05) is 35.2 Å². The molecular weight excluding hydrogens is 660 g/mol. The Morgan fingerprint density at radius 2 is 1.80 bits per heavy atom. The standard InChI is InChI=1S/C32H34ClF2N3O6S2/c1-37-26(20-8-4-2-5-9-20)17-38(21-10-6-3-7-11-21)25-13-23(33)22(12-28(25)46(37,42)43)27-14-24(29(45-27)30(39)40)36-31(41)44-18-19-15-32(34,35)16-19/h3,6-7,10-14,19-20,26H,2,4-5,8-9,15-18H2,1H3,(H,36,41)(H,39,40)/t26-/m0/s1. The maximum Gasteiger partial charge on any atom is 0.411 e. The molecule has 2 saturated carbocycles. The minimum absolute atomic E-state index is 0.0352. The molecule has 3 aliphatic rings. The lowest BCUT2D eigenvalue weighted by Crippen LogP contribution is -2.46. The fourth-order valence-corrected chi connectivity index (χ4v) is 9.62. The van der Waals surface area contributed by atoms with Gasteiger partial charge in [-0.1, -0.05) is 49.1 Å². The molecule has 246 valence electrons. The number of nitrogens with zero attached hydrogens (tertiary/aromatic N) is 2. The van der Waals surface area contributed by atoms with Crippen molar-refractivity contribution in [2.75, 3.05) is 30.4 Å². The summed E-state index contributed by atoms with van der Waals surface area (Å²) in [6, 6.07) is 13.7. The normalized spacial score (nSPS) is 21.6. The number of hydrogen-bond acceptors (Lipinski definition) is 7. The van der Waals surface area contributed by atoms with Crippen LogP contribution in [0, 0.1) is 11.8 Å². The second kappa shape index (κ2) is 12.7. The molecule has 6 rings (SSSR count). The summed E-state index contributed by atoms with van der Waals surface area (Å²) < 4.78 is 61.4. The van der Waals surface area contributed by atoms with E-state index in [1.165, 1.54) is 16.4 Å². The van der Waals surface area contributed by atoms with E-state index in [4.69, 9.17) is 16.3 Å². The predicted octanol–water partition coefficient (Wildman–Crippen LogP) is 8.08. The zero-order valence-corrected chi connectivity index (χ0v) is 27.4. The lowest BCUT2D eigenvalue weighted by Gasteiger charge is -2.36. The number of sulfonamides is 1. The summed E-state index contributed by atoms with van der Waals surface area (Å²) in [5.41, 5.74) is 1.44. The van der Waals surface area contributed by atoms with Gasteiger partial charge in [0, 0.05) is 54.5 Å². The Morgan fingerprint density at radius 1 is 1.11 bits per heavy atom. The van der Waals surface area contributed by atoms with E-state index in [1.54, 1.807) is 13.1 Å². The number of alkyl halides is 2. The molecule has 0 saturated heterocycles. The zero-order chi connectivity index (χ0) is 32.8. The van der Waals surface area contributed by atoms with E-state index in [-0.39, 0.29) is 57.5 Å². The number of fused-ring (bicyclic) bond motifs is 1. The SMILES string of the molecule is CN1[C@H](C2CCCCC2)CN(c2ccccc2)c2cc(Cl)c(-c3cc(NC(=O)OCC4CC(F)(F)C4)c(C(=O)O)s3)cc2S1(=O)=O. The molecule has 3 aromatic rings. The summed E-state index contributed by atoms with van der Waals surface area (Å²) in [5, 5.41) is 12.5. The van der Waals surface area contributed by atoms with Crippen LogP contribution < -0.4 is 10.2 Å². The molecule has 1 aromatic heterocycles. The fourth-order valence-electron chi connectivity index (χ4n) is 6.72. The number of carbonyl (C=O) groups is 2. The highest BCUT2D eigenvalue weighted by Gasteiger charge is 2.46. The first-order valence-electron chi connectivity index (χ1n) is 15.2. The van der Waals surface area contributed by atoms with Crippen LogP contribution >= 0.6 is 22.9 Å². The molecule has 2 aliphatic carbocycles. The van der Waals surface area contributed by atoms with E-state index in [0.29, 0.717) is 17.1 Å². The van der Waals surface area contributed by atoms with E-state index in [2.05, 4.69) is 5.32 Å². The van der Waals surface area contributed by atoms with Gasteiger partial charge in [-0.05, 0) is 49.1 Å². The van der Waals surface area contributed by atoms with Crippen LogP contribution in [0.25, 0.3) is 10.4 Å². The number of carboxylic acid groups (broad SMARTS) is 1. The summed E-state index contributed by atoms with van der Waals surface area (Å²) in [6.45, 7) is 0.215. The quantitative estimate of drug-likeness (QED) is 0.257. The van der Waals surface area contributed by atoms with Gasteiger partial charge in [0.1, 0.15) is 9.77 Å². The molecule has 14 heteroatoms. The number of hydrogen-bond donors (Lipinski definition) is 2. The topological polar surface area (TPSA) is 116 Å². The van der Waals surface area contributed by atoms with Crippen LogP contribution in [-0.4, -0.2) is 62.1 Å². The Morgan fingerprint density at radius 3 is 2.46 bits per heavy atom. The van der Waals surface area contributed by atoms with Crippen molar-refractivity contribution in [2.45, 2.75) is 61.8 Å². The smallest absolute Gasteiger partial charge is 0.411 e. The number of likely N-dealkylation sites (N-methyl/N-ethyl adjacent to an activating group) is 1. The maximum atomic E-state index is 14.3. The second-order valence-corrected chi connectivity index (χ2v) is 15.7. The van der Waals surface area contributed by atoms with Crippen molar-refractivity contribution in [3.8, 4) is 10.4 Å². The second-order valence-electron chi connectivity index (χ2n) is 12.2. The van der Waals surface area contributed by atoms with Gasteiger partial charge in [-0.2, -0.15) is 4.31 Å². The number of carboxylic acids is 1. The number of carbonyl (C=O) groups excluding carboxylic acids is 1. The molecule has 2 aromatic carbocycles. The average molecular weight is 694 g/mol. The number of anilines is 3. The zero-order valence-electron chi connectivity index (χ0n) is 25.0.